The van der Waals surface area contributed by atoms with Gasteiger partial charge in [-0.3, -0.25) is 19.3 Å². The van der Waals surface area contributed by atoms with Crippen LogP contribution in [0.25, 0.3) is 0 Å². The second-order valence-electron chi connectivity index (χ2n) is 8.50. The first-order valence-corrected chi connectivity index (χ1v) is 11.7. The summed E-state index contributed by atoms with van der Waals surface area (Å²) in [7, 11) is 1.66. The van der Waals surface area contributed by atoms with Crippen molar-refractivity contribution in [3.8, 4) is 5.75 Å². The lowest BCUT2D eigenvalue weighted by Crippen LogP contribution is -2.49. The Morgan fingerprint density at radius 3 is 2.47 bits per heavy atom. The zero-order chi connectivity index (χ0) is 24.7. The fraction of sp³-hybridized carbons (Fsp3) is 0.423. The van der Waals surface area contributed by atoms with Crippen LogP contribution in [0.2, 0.25) is 0 Å². The maximum atomic E-state index is 13.4. The van der Waals surface area contributed by atoms with Crippen LogP contribution in [0, 0.1) is 0 Å². The van der Waals surface area contributed by atoms with Crippen LogP contribution >= 0.6 is 0 Å². The topological polar surface area (TPSA) is 83.9 Å². The van der Waals surface area contributed by atoms with Crippen molar-refractivity contribution < 1.29 is 14.3 Å². The number of carbonyl (C=O) groups excluding carboxylic acids is 2. The van der Waals surface area contributed by atoms with E-state index in [1.165, 1.54) is 6.20 Å². The molecule has 3 rings (SSSR count). The first kappa shape index (κ1) is 25.2. The predicted octanol–water partition coefficient (Wildman–Crippen LogP) is 2.70. The molecule has 1 saturated heterocycles. The van der Waals surface area contributed by atoms with Crippen molar-refractivity contribution in [2.24, 2.45) is 0 Å². The largest absolute Gasteiger partial charge is 0.496 e. The summed E-state index contributed by atoms with van der Waals surface area (Å²) in [5.41, 5.74) is 0.564. The Bertz CT molecular complexity index is 1090. The molecule has 0 radical (unpaired) electrons. The number of rotatable bonds is 9. The molecule has 1 aliphatic heterocycles. The highest BCUT2D eigenvalue weighted by molar-refractivity contribution is 5.99. The van der Waals surface area contributed by atoms with Crippen molar-refractivity contribution in [3.63, 3.8) is 0 Å². The zero-order valence-electron chi connectivity index (χ0n) is 20.3. The van der Waals surface area contributed by atoms with Gasteiger partial charge in [0, 0.05) is 63.3 Å². The van der Waals surface area contributed by atoms with Crippen LogP contribution in [-0.2, 0) is 6.54 Å². The molecule has 1 N–H and O–H groups in total. The number of methoxy groups -OCH3 is 1. The zero-order valence-corrected chi connectivity index (χ0v) is 20.3. The normalized spacial score (nSPS) is 15.0. The average Bonchev–Trinajstić information content (AvgIpc) is 2.87. The minimum Gasteiger partial charge on any atom is -0.496 e. The number of nitrogens with one attached hydrogen (secondary N) is 1. The fourth-order valence-electron chi connectivity index (χ4n) is 3.99. The van der Waals surface area contributed by atoms with Crippen molar-refractivity contribution >= 4 is 11.8 Å². The van der Waals surface area contributed by atoms with E-state index in [-0.39, 0.29) is 29.6 Å². The summed E-state index contributed by atoms with van der Waals surface area (Å²) in [6.07, 6.45) is 5.47. The number of nitrogens with zero attached hydrogens (tertiary/aromatic N) is 3. The van der Waals surface area contributed by atoms with Gasteiger partial charge >= 0.3 is 0 Å². The van der Waals surface area contributed by atoms with Crippen molar-refractivity contribution in [2.75, 3.05) is 39.8 Å². The van der Waals surface area contributed by atoms with E-state index in [1.54, 1.807) is 28.8 Å². The number of hydrogen-bond acceptors (Lipinski definition) is 5. The van der Waals surface area contributed by atoms with Gasteiger partial charge in [-0.15, -0.1) is 6.58 Å². The van der Waals surface area contributed by atoms with E-state index in [2.05, 4.69) is 16.8 Å². The fourth-order valence-corrected chi connectivity index (χ4v) is 3.99. The second kappa shape index (κ2) is 11.7. The number of benzene rings is 1. The van der Waals surface area contributed by atoms with E-state index in [9.17, 15) is 14.4 Å². The molecule has 1 atom stereocenters. The first-order chi connectivity index (χ1) is 16.4. The minimum atomic E-state index is -0.539. The van der Waals surface area contributed by atoms with Gasteiger partial charge in [0.25, 0.3) is 11.8 Å². The molecular weight excluding hydrogens is 432 g/mol. The summed E-state index contributed by atoms with van der Waals surface area (Å²) < 4.78 is 7.23. The first-order valence-electron chi connectivity index (χ1n) is 11.7. The third-order valence-corrected chi connectivity index (χ3v) is 6.27. The predicted molar refractivity (Wildman–Crippen MR) is 132 cm³/mol. The van der Waals surface area contributed by atoms with Gasteiger partial charge in [-0.2, -0.15) is 0 Å². The van der Waals surface area contributed by atoms with E-state index in [4.69, 9.17) is 4.74 Å². The Hall–Kier alpha value is -3.39. The van der Waals surface area contributed by atoms with Crippen LogP contribution in [0.4, 0.5) is 0 Å². The molecular formula is C26H34N4O4. The number of hydrogen-bond donors (Lipinski definition) is 1. The van der Waals surface area contributed by atoms with Gasteiger partial charge in [0.2, 0.25) is 5.43 Å². The highest BCUT2D eigenvalue weighted by Crippen LogP contribution is 2.20. The van der Waals surface area contributed by atoms with Gasteiger partial charge in [-0.25, -0.2) is 0 Å². The third kappa shape index (κ3) is 5.75. The van der Waals surface area contributed by atoms with Crippen molar-refractivity contribution in [1.29, 1.82) is 0 Å². The van der Waals surface area contributed by atoms with E-state index >= 15 is 0 Å². The molecule has 34 heavy (non-hydrogen) atoms. The van der Waals surface area contributed by atoms with Crippen LogP contribution in [0.1, 0.15) is 52.6 Å². The van der Waals surface area contributed by atoms with Crippen molar-refractivity contribution in [3.05, 3.63) is 76.2 Å². The Morgan fingerprint density at radius 2 is 1.82 bits per heavy atom. The van der Waals surface area contributed by atoms with Gasteiger partial charge in [0.1, 0.15) is 16.9 Å². The molecule has 0 spiro atoms. The Morgan fingerprint density at radius 1 is 1.15 bits per heavy atom. The SMILES string of the molecule is C=CCNC(=O)c1cn(C(C)CC)cc(C(=O)N2CCN(Cc3ccccc3OC)CC2)c1=O. The van der Waals surface area contributed by atoms with Crippen LogP contribution in [0.5, 0.6) is 5.75 Å². The van der Waals surface area contributed by atoms with Crippen LogP contribution < -0.4 is 15.5 Å². The van der Waals surface area contributed by atoms with Crippen LogP contribution in [0.3, 0.4) is 0 Å². The molecule has 2 heterocycles. The molecule has 1 aromatic carbocycles. The number of aromatic nitrogens is 1. The number of para-hydroxylation sites is 1. The molecule has 0 bridgehead atoms. The maximum Gasteiger partial charge on any atom is 0.259 e. The van der Waals surface area contributed by atoms with Crippen molar-refractivity contribution in [1.82, 2.24) is 19.7 Å². The minimum absolute atomic E-state index is 0.0252. The molecule has 1 fully saturated rings. The molecule has 1 aliphatic rings. The molecule has 1 aromatic heterocycles. The van der Waals surface area contributed by atoms with E-state index < -0.39 is 11.3 Å². The molecule has 182 valence electrons. The summed E-state index contributed by atoms with van der Waals surface area (Å²) in [6.45, 7) is 10.9. The van der Waals surface area contributed by atoms with Gasteiger partial charge in [-0.05, 0) is 19.4 Å². The van der Waals surface area contributed by atoms with Gasteiger partial charge in [-0.1, -0.05) is 31.2 Å². The summed E-state index contributed by atoms with van der Waals surface area (Å²) in [4.78, 5) is 43.0. The maximum absolute atomic E-state index is 13.4. The Labute approximate surface area is 200 Å². The van der Waals surface area contributed by atoms with Gasteiger partial charge in [0.05, 0.1) is 7.11 Å². The molecule has 2 amide bonds. The molecule has 8 heteroatoms. The molecule has 0 saturated carbocycles. The summed E-state index contributed by atoms with van der Waals surface area (Å²) in [5.74, 6) is 0.00810. The molecule has 0 aliphatic carbocycles. The van der Waals surface area contributed by atoms with Crippen molar-refractivity contribution in [2.45, 2.75) is 32.9 Å². The summed E-state index contributed by atoms with van der Waals surface area (Å²) >= 11 is 0. The lowest BCUT2D eigenvalue weighted by Gasteiger charge is -2.35. The third-order valence-electron chi connectivity index (χ3n) is 6.27. The second-order valence-corrected chi connectivity index (χ2v) is 8.50. The number of piperazine rings is 1. The Balaban J connectivity index is 1.78. The lowest BCUT2D eigenvalue weighted by atomic mass is 10.1. The molecule has 8 nitrogen and oxygen atoms in total. The number of amides is 2. The standard InChI is InChI=1S/C26H34N4O4/c1-5-11-27-25(32)21-17-30(19(3)6-2)18-22(24(21)31)26(33)29-14-12-28(13-15-29)16-20-9-7-8-10-23(20)34-4/h5,7-10,17-19H,1,6,11-16H2,2-4H3,(H,27,32). The van der Waals surface area contributed by atoms with Gasteiger partial charge < -0.3 is 19.5 Å². The molecule has 1 unspecified atom stereocenters. The molecule has 2 aromatic rings. The summed E-state index contributed by atoms with van der Waals surface area (Å²) in [5, 5.41) is 2.65. The quantitative estimate of drug-likeness (QED) is 0.575. The van der Waals surface area contributed by atoms with E-state index in [0.717, 1.165) is 24.3 Å². The monoisotopic (exact) mass is 466 g/mol. The smallest absolute Gasteiger partial charge is 0.259 e. The highest BCUT2D eigenvalue weighted by Gasteiger charge is 2.27. The number of ether oxygens (including phenoxy) is 1. The summed E-state index contributed by atoms with van der Waals surface area (Å²) in [6, 6.07) is 7.94. The highest BCUT2D eigenvalue weighted by atomic mass is 16.5. The number of carbonyl (C=O) groups is 2. The van der Waals surface area contributed by atoms with Gasteiger partial charge in [0.15, 0.2) is 0 Å². The lowest BCUT2D eigenvalue weighted by molar-refractivity contribution is 0.0625. The van der Waals surface area contributed by atoms with E-state index in [0.29, 0.717) is 26.2 Å². The van der Waals surface area contributed by atoms with Crippen LogP contribution in [0.15, 0.2) is 54.1 Å². The van der Waals surface area contributed by atoms with E-state index in [1.807, 2.05) is 38.1 Å². The van der Waals surface area contributed by atoms with Crippen LogP contribution in [-0.4, -0.2) is 66.0 Å². The number of pyridine rings is 1. The Kier molecular flexibility index (Phi) is 8.65. The average molecular weight is 467 g/mol.